The lowest BCUT2D eigenvalue weighted by atomic mass is 10.3. The van der Waals surface area contributed by atoms with Crippen LogP contribution in [0, 0.1) is 5.82 Å². The summed E-state index contributed by atoms with van der Waals surface area (Å²) < 4.78 is 16.2. The van der Waals surface area contributed by atoms with Gasteiger partial charge in [-0.25, -0.2) is 14.4 Å². The summed E-state index contributed by atoms with van der Waals surface area (Å²) in [5, 5.41) is 9.10. The van der Waals surface area contributed by atoms with Gasteiger partial charge in [0.05, 0.1) is 10.2 Å². The topological polar surface area (TPSA) is 62.5 Å². The van der Waals surface area contributed by atoms with Gasteiger partial charge >= 0.3 is 0 Å². The molecule has 0 saturated carbocycles. The van der Waals surface area contributed by atoms with Crippen LogP contribution in [-0.4, -0.2) is 50.7 Å². The van der Waals surface area contributed by atoms with Gasteiger partial charge < -0.3 is 9.80 Å². The van der Waals surface area contributed by atoms with E-state index in [-0.39, 0.29) is 5.82 Å². The molecule has 5 rings (SSSR count). The molecule has 4 aromatic rings. The minimum atomic E-state index is -0.220. The summed E-state index contributed by atoms with van der Waals surface area (Å²) in [4.78, 5) is 13.7. The number of anilines is 2. The van der Waals surface area contributed by atoms with Crippen LogP contribution < -0.4 is 9.80 Å². The van der Waals surface area contributed by atoms with E-state index in [0.717, 1.165) is 59.4 Å². The van der Waals surface area contributed by atoms with E-state index < -0.39 is 0 Å². The van der Waals surface area contributed by atoms with Crippen molar-refractivity contribution in [3.05, 3.63) is 42.7 Å². The van der Waals surface area contributed by atoms with E-state index in [1.807, 2.05) is 10.6 Å². The van der Waals surface area contributed by atoms with Crippen molar-refractivity contribution in [2.45, 2.75) is 6.42 Å². The van der Waals surface area contributed by atoms with Crippen molar-refractivity contribution < 1.29 is 4.39 Å². The summed E-state index contributed by atoms with van der Waals surface area (Å²) in [6.07, 6.45) is 6.30. The zero-order chi connectivity index (χ0) is 17.5. The number of hydrogen-bond acceptors (Lipinski definition) is 7. The molecule has 0 radical (unpaired) electrons. The van der Waals surface area contributed by atoms with Gasteiger partial charge in [-0.1, -0.05) is 11.3 Å². The van der Waals surface area contributed by atoms with Crippen LogP contribution in [0.25, 0.3) is 15.9 Å². The molecule has 0 unspecified atom stereocenters. The first-order valence-electron chi connectivity index (χ1n) is 8.48. The number of nitrogens with zero attached hydrogens (tertiary/aromatic N) is 7. The van der Waals surface area contributed by atoms with Crippen molar-refractivity contribution in [3.63, 3.8) is 0 Å². The molecule has 0 amide bonds. The number of benzene rings is 1. The lowest BCUT2D eigenvalue weighted by molar-refractivity contribution is 0.630. The molecule has 132 valence electrons. The van der Waals surface area contributed by atoms with Crippen LogP contribution in [0.3, 0.4) is 0 Å². The van der Waals surface area contributed by atoms with Crippen molar-refractivity contribution in [2.24, 2.45) is 0 Å². The number of thiazole rings is 1. The molecular weight excluding hydrogens is 353 g/mol. The number of hydrogen-bond donors (Lipinski definition) is 0. The Morgan fingerprint density at radius 2 is 1.96 bits per heavy atom. The average molecular weight is 369 g/mol. The Hall–Kier alpha value is -2.81. The zero-order valence-corrected chi connectivity index (χ0v) is 14.7. The standard InChI is InChI=1S/C17H16FN7S/c18-12-2-3-13-14(10-12)26-17(21-13)24-6-1-5-23(8-9-24)15-16-22-20-11-25(16)7-4-19-15/h2-4,7,10-11H,1,5-6,8-9H2. The second-order valence-electron chi connectivity index (χ2n) is 6.25. The summed E-state index contributed by atoms with van der Waals surface area (Å²) in [7, 11) is 0. The van der Waals surface area contributed by atoms with E-state index in [0.29, 0.717) is 0 Å². The molecule has 1 aliphatic heterocycles. The molecule has 0 N–H and O–H groups in total. The maximum absolute atomic E-state index is 13.4. The highest BCUT2D eigenvalue weighted by Gasteiger charge is 2.21. The van der Waals surface area contributed by atoms with Gasteiger partial charge in [-0.2, -0.15) is 0 Å². The average Bonchev–Trinajstić information content (AvgIpc) is 3.21. The third-order valence-corrected chi connectivity index (χ3v) is 5.68. The van der Waals surface area contributed by atoms with Gasteiger partial charge in [0.15, 0.2) is 10.9 Å². The van der Waals surface area contributed by atoms with Gasteiger partial charge in [0, 0.05) is 38.6 Å². The fourth-order valence-electron chi connectivity index (χ4n) is 3.31. The molecule has 1 saturated heterocycles. The summed E-state index contributed by atoms with van der Waals surface area (Å²) in [6, 6.07) is 4.75. The van der Waals surface area contributed by atoms with Crippen LogP contribution >= 0.6 is 11.3 Å². The molecule has 1 aliphatic rings. The van der Waals surface area contributed by atoms with Gasteiger partial charge in [0.2, 0.25) is 5.65 Å². The molecule has 0 bridgehead atoms. The van der Waals surface area contributed by atoms with Crippen molar-refractivity contribution >= 4 is 38.2 Å². The molecule has 1 fully saturated rings. The molecular formula is C17H16FN7S. The van der Waals surface area contributed by atoms with Crippen molar-refractivity contribution in [3.8, 4) is 0 Å². The predicted octanol–water partition coefficient (Wildman–Crippen LogP) is 2.59. The molecule has 0 spiro atoms. The molecule has 7 nitrogen and oxygen atoms in total. The highest BCUT2D eigenvalue weighted by Crippen LogP contribution is 2.30. The van der Waals surface area contributed by atoms with Crippen LogP contribution in [0.4, 0.5) is 15.3 Å². The summed E-state index contributed by atoms with van der Waals surface area (Å²) in [5.74, 6) is 0.639. The minimum absolute atomic E-state index is 0.220. The fourth-order valence-corrected chi connectivity index (χ4v) is 4.35. The minimum Gasteiger partial charge on any atom is -0.352 e. The predicted molar refractivity (Wildman–Crippen MR) is 99.4 cm³/mol. The maximum atomic E-state index is 13.4. The summed E-state index contributed by atoms with van der Waals surface area (Å²) >= 11 is 1.54. The van der Waals surface area contributed by atoms with Gasteiger partial charge in [-0.05, 0) is 24.6 Å². The zero-order valence-electron chi connectivity index (χ0n) is 13.9. The second-order valence-corrected chi connectivity index (χ2v) is 7.26. The molecule has 4 heterocycles. The van der Waals surface area contributed by atoms with E-state index in [4.69, 9.17) is 0 Å². The molecule has 1 aromatic carbocycles. The van der Waals surface area contributed by atoms with Gasteiger partial charge in [-0.15, -0.1) is 10.2 Å². The van der Waals surface area contributed by atoms with E-state index in [1.54, 1.807) is 36.0 Å². The molecule has 26 heavy (non-hydrogen) atoms. The Balaban J connectivity index is 1.40. The van der Waals surface area contributed by atoms with Crippen LogP contribution in [0.2, 0.25) is 0 Å². The van der Waals surface area contributed by atoms with Crippen LogP contribution in [0.5, 0.6) is 0 Å². The molecule has 3 aromatic heterocycles. The van der Waals surface area contributed by atoms with Gasteiger partial charge in [-0.3, -0.25) is 4.40 Å². The molecule has 0 aliphatic carbocycles. The van der Waals surface area contributed by atoms with Crippen molar-refractivity contribution in [1.29, 1.82) is 0 Å². The first-order chi connectivity index (χ1) is 12.8. The summed E-state index contributed by atoms with van der Waals surface area (Å²) in [5.41, 5.74) is 1.62. The molecule has 0 atom stereocenters. The number of rotatable bonds is 2. The first-order valence-corrected chi connectivity index (χ1v) is 9.30. The van der Waals surface area contributed by atoms with E-state index >= 15 is 0 Å². The van der Waals surface area contributed by atoms with E-state index in [2.05, 4.69) is 30.0 Å². The third-order valence-electron chi connectivity index (χ3n) is 4.60. The lowest BCUT2D eigenvalue weighted by Gasteiger charge is -2.22. The Bertz CT molecular complexity index is 1080. The van der Waals surface area contributed by atoms with Crippen LogP contribution in [0.1, 0.15) is 6.42 Å². The van der Waals surface area contributed by atoms with Gasteiger partial charge in [0.1, 0.15) is 12.1 Å². The SMILES string of the molecule is Fc1ccc2nc(N3CCCN(c4nccn5cnnc45)CC3)sc2c1. The third kappa shape index (κ3) is 2.64. The second kappa shape index (κ2) is 6.17. The Morgan fingerprint density at radius 3 is 2.92 bits per heavy atom. The highest BCUT2D eigenvalue weighted by atomic mass is 32.1. The van der Waals surface area contributed by atoms with Crippen molar-refractivity contribution in [2.75, 3.05) is 36.0 Å². The Kier molecular flexibility index (Phi) is 3.66. The quantitative estimate of drug-likeness (QED) is 0.541. The monoisotopic (exact) mass is 369 g/mol. The van der Waals surface area contributed by atoms with E-state index in [1.165, 1.54) is 6.07 Å². The fraction of sp³-hybridized carbons (Fsp3) is 0.294. The summed E-state index contributed by atoms with van der Waals surface area (Å²) in [6.45, 7) is 3.47. The number of fused-ring (bicyclic) bond motifs is 2. The van der Waals surface area contributed by atoms with Crippen LogP contribution in [0.15, 0.2) is 36.9 Å². The highest BCUT2D eigenvalue weighted by molar-refractivity contribution is 7.22. The molecule has 9 heteroatoms. The lowest BCUT2D eigenvalue weighted by Crippen LogP contribution is -2.31. The normalized spacial score (nSPS) is 15.7. The van der Waals surface area contributed by atoms with Gasteiger partial charge in [0.25, 0.3) is 0 Å². The maximum Gasteiger partial charge on any atom is 0.203 e. The number of halogens is 1. The number of aromatic nitrogens is 5. The van der Waals surface area contributed by atoms with E-state index in [9.17, 15) is 4.39 Å². The Labute approximate surface area is 152 Å². The Morgan fingerprint density at radius 1 is 1.08 bits per heavy atom. The van der Waals surface area contributed by atoms with Crippen LogP contribution in [-0.2, 0) is 0 Å². The smallest absolute Gasteiger partial charge is 0.203 e. The first kappa shape index (κ1) is 15.4. The largest absolute Gasteiger partial charge is 0.352 e. The van der Waals surface area contributed by atoms with Crippen molar-refractivity contribution in [1.82, 2.24) is 24.6 Å².